The highest BCUT2D eigenvalue weighted by atomic mass is 32.1. The van der Waals surface area contributed by atoms with Gasteiger partial charge < -0.3 is 10.2 Å². The average molecular weight is 330 g/mol. The van der Waals surface area contributed by atoms with Gasteiger partial charge in [-0.2, -0.15) is 0 Å². The summed E-state index contributed by atoms with van der Waals surface area (Å²) >= 11 is 1.78. The summed E-state index contributed by atoms with van der Waals surface area (Å²) in [5.41, 5.74) is 2.23. The van der Waals surface area contributed by atoms with Gasteiger partial charge in [-0.05, 0) is 75.9 Å². The highest BCUT2D eigenvalue weighted by Crippen LogP contribution is 2.37. The van der Waals surface area contributed by atoms with Crippen LogP contribution in [-0.4, -0.2) is 30.4 Å². The third-order valence-corrected chi connectivity index (χ3v) is 6.72. The Morgan fingerprint density at radius 2 is 1.96 bits per heavy atom. The summed E-state index contributed by atoms with van der Waals surface area (Å²) in [5.74, 6) is 1.51. The molecular formula is C19H26N2OS. The molecule has 4 rings (SSSR count). The second-order valence-electron chi connectivity index (χ2n) is 7.12. The zero-order valence-corrected chi connectivity index (χ0v) is 14.5. The largest absolute Gasteiger partial charge is 0.317 e. The summed E-state index contributed by atoms with van der Waals surface area (Å²) in [5, 5.41) is 5.51. The van der Waals surface area contributed by atoms with Crippen molar-refractivity contribution < 1.29 is 4.79 Å². The van der Waals surface area contributed by atoms with Gasteiger partial charge in [-0.15, -0.1) is 11.3 Å². The molecule has 1 aromatic heterocycles. The van der Waals surface area contributed by atoms with Crippen molar-refractivity contribution in [1.29, 1.82) is 0 Å². The van der Waals surface area contributed by atoms with Crippen LogP contribution in [0.15, 0.2) is 23.2 Å². The van der Waals surface area contributed by atoms with E-state index < -0.39 is 0 Å². The second-order valence-corrected chi connectivity index (χ2v) is 8.06. The van der Waals surface area contributed by atoms with Gasteiger partial charge in [0.15, 0.2) is 0 Å². The lowest BCUT2D eigenvalue weighted by molar-refractivity contribution is 0.0749. The van der Waals surface area contributed by atoms with Crippen LogP contribution >= 0.6 is 11.3 Å². The highest BCUT2D eigenvalue weighted by Gasteiger charge is 2.31. The lowest BCUT2D eigenvalue weighted by Gasteiger charge is -2.37. The summed E-state index contributed by atoms with van der Waals surface area (Å²) in [7, 11) is 0. The van der Waals surface area contributed by atoms with Crippen molar-refractivity contribution in [1.82, 2.24) is 10.2 Å². The molecule has 0 radical (unpaired) electrons. The van der Waals surface area contributed by atoms with Crippen LogP contribution in [0.3, 0.4) is 0 Å². The molecule has 4 heteroatoms. The van der Waals surface area contributed by atoms with E-state index in [0.717, 1.165) is 38.0 Å². The van der Waals surface area contributed by atoms with E-state index in [1.165, 1.54) is 42.7 Å². The number of likely N-dealkylation sites (tertiary alicyclic amines) is 1. The van der Waals surface area contributed by atoms with Crippen LogP contribution in [0, 0.1) is 5.92 Å². The number of carbonyl (C=O) groups excluding carboxylic acids is 1. The predicted octanol–water partition coefficient (Wildman–Crippen LogP) is 4.14. The van der Waals surface area contributed by atoms with Gasteiger partial charge in [-0.3, -0.25) is 4.79 Å². The van der Waals surface area contributed by atoms with E-state index in [-0.39, 0.29) is 5.91 Å². The molecule has 1 aliphatic carbocycles. The Labute approximate surface area is 142 Å². The Balaban J connectivity index is 1.52. The van der Waals surface area contributed by atoms with E-state index in [2.05, 4.69) is 27.7 Å². The van der Waals surface area contributed by atoms with Gasteiger partial charge >= 0.3 is 0 Å². The normalized spacial score (nSPS) is 25.8. The Bertz CT molecular complexity index is 600. The van der Waals surface area contributed by atoms with Crippen molar-refractivity contribution in [3.05, 3.63) is 33.7 Å². The molecule has 0 saturated carbocycles. The Kier molecular flexibility index (Phi) is 4.54. The number of thiophene rings is 1. The third-order valence-electron chi connectivity index (χ3n) is 5.63. The molecule has 0 spiro atoms. The molecular weight excluding hydrogens is 304 g/mol. The van der Waals surface area contributed by atoms with Gasteiger partial charge in [-0.1, -0.05) is 6.08 Å². The van der Waals surface area contributed by atoms with Crippen molar-refractivity contribution in [2.24, 2.45) is 5.92 Å². The number of amides is 1. The average Bonchev–Trinajstić information content (AvgIpc) is 3.11. The number of carbonyl (C=O) groups is 1. The van der Waals surface area contributed by atoms with Gasteiger partial charge in [0.25, 0.3) is 5.91 Å². The van der Waals surface area contributed by atoms with Crippen molar-refractivity contribution in [2.75, 3.05) is 19.6 Å². The molecule has 0 bridgehead atoms. The highest BCUT2D eigenvalue weighted by molar-refractivity contribution is 7.10. The maximum absolute atomic E-state index is 13.0. The lowest BCUT2D eigenvalue weighted by atomic mass is 9.84. The lowest BCUT2D eigenvalue weighted by Crippen LogP contribution is -2.38. The second kappa shape index (κ2) is 6.78. The number of nitrogens with one attached hydrogen (secondary N) is 1. The number of rotatable bonds is 2. The smallest absolute Gasteiger partial charge is 0.258 e. The zero-order valence-electron chi connectivity index (χ0n) is 13.7. The number of hydrogen-bond donors (Lipinski definition) is 1. The first-order chi connectivity index (χ1) is 11.3. The zero-order chi connectivity index (χ0) is 15.6. The number of fused-ring (bicyclic) bond motifs is 1. The third kappa shape index (κ3) is 3.11. The van der Waals surface area contributed by atoms with Crippen molar-refractivity contribution >= 4 is 17.2 Å². The van der Waals surface area contributed by atoms with Gasteiger partial charge in [-0.25, -0.2) is 0 Å². The van der Waals surface area contributed by atoms with Crippen LogP contribution in [0.4, 0.5) is 0 Å². The Morgan fingerprint density at radius 3 is 2.83 bits per heavy atom. The van der Waals surface area contributed by atoms with E-state index in [1.54, 1.807) is 11.3 Å². The Morgan fingerprint density at radius 1 is 1.13 bits per heavy atom. The first-order valence-corrected chi connectivity index (χ1v) is 10.0. The SMILES string of the molecule is O=C(c1csc(C2CCNCC2)c1)N1CCCC2CCCC=C21. The molecule has 1 atom stereocenters. The molecule has 23 heavy (non-hydrogen) atoms. The predicted molar refractivity (Wildman–Crippen MR) is 94.9 cm³/mol. The molecule has 2 saturated heterocycles. The van der Waals surface area contributed by atoms with Crippen molar-refractivity contribution in [3.8, 4) is 0 Å². The van der Waals surface area contributed by atoms with Crippen LogP contribution in [-0.2, 0) is 0 Å². The molecule has 1 unspecified atom stereocenters. The van der Waals surface area contributed by atoms with E-state index in [4.69, 9.17) is 0 Å². The van der Waals surface area contributed by atoms with Crippen molar-refractivity contribution in [2.45, 2.75) is 50.9 Å². The molecule has 124 valence electrons. The molecule has 0 aromatic carbocycles. The molecule has 1 amide bonds. The molecule has 1 N–H and O–H groups in total. The Hall–Kier alpha value is -1.13. The van der Waals surface area contributed by atoms with Crippen LogP contribution in [0.5, 0.6) is 0 Å². The first kappa shape index (κ1) is 15.4. The fraction of sp³-hybridized carbons (Fsp3) is 0.632. The van der Waals surface area contributed by atoms with Crippen LogP contribution in [0.25, 0.3) is 0 Å². The van der Waals surface area contributed by atoms with Crippen LogP contribution < -0.4 is 5.32 Å². The maximum Gasteiger partial charge on any atom is 0.258 e. The monoisotopic (exact) mass is 330 g/mol. The van der Waals surface area contributed by atoms with E-state index >= 15 is 0 Å². The number of hydrogen-bond acceptors (Lipinski definition) is 3. The molecule has 2 fully saturated rings. The summed E-state index contributed by atoms with van der Waals surface area (Å²) < 4.78 is 0. The molecule has 2 aliphatic heterocycles. The molecule has 3 heterocycles. The fourth-order valence-corrected chi connectivity index (χ4v) is 5.39. The van der Waals surface area contributed by atoms with E-state index in [1.807, 2.05) is 0 Å². The number of allylic oxidation sites excluding steroid dienone is 2. The topological polar surface area (TPSA) is 32.3 Å². The molecule has 3 nitrogen and oxygen atoms in total. The quantitative estimate of drug-likeness (QED) is 0.884. The van der Waals surface area contributed by atoms with Crippen LogP contribution in [0.2, 0.25) is 0 Å². The minimum absolute atomic E-state index is 0.235. The molecule has 1 aromatic rings. The molecule has 3 aliphatic rings. The van der Waals surface area contributed by atoms with Gasteiger partial charge in [0.1, 0.15) is 0 Å². The minimum atomic E-state index is 0.235. The number of piperidine rings is 2. The van der Waals surface area contributed by atoms with E-state index in [0.29, 0.717) is 11.8 Å². The van der Waals surface area contributed by atoms with Crippen molar-refractivity contribution in [3.63, 3.8) is 0 Å². The summed E-state index contributed by atoms with van der Waals surface area (Å²) in [6.45, 7) is 3.11. The standard InChI is InChI=1S/C19H26N2OS/c22-19(21-11-3-5-14-4-1-2-6-17(14)21)16-12-18(23-13-16)15-7-9-20-10-8-15/h6,12-15,20H,1-5,7-11H2. The minimum Gasteiger partial charge on any atom is -0.317 e. The fourth-order valence-electron chi connectivity index (χ4n) is 4.34. The summed E-state index contributed by atoms with van der Waals surface area (Å²) in [4.78, 5) is 16.5. The van der Waals surface area contributed by atoms with Gasteiger partial charge in [0, 0.05) is 22.5 Å². The first-order valence-electron chi connectivity index (χ1n) is 9.14. The summed E-state index contributed by atoms with van der Waals surface area (Å²) in [6, 6.07) is 2.18. The van der Waals surface area contributed by atoms with Gasteiger partial charge in [0.05, 0.1) is 5.56 Å². The number of nitrogens with zero attached hydrogens (tertiary/aromatic N) is 1. The van der Waals surface area contributed by atoms with Gasteiger partial charge in [0.2, 0.25) is 0 Å². The van der Waals surface area contributed by atoms with Crippen LogP contribution in [0.1, 0.15) is 66.1 Å². The maximum atomic E-state index is 13.0. The van der Waals surface area contributed by atoms with E-state index in [9.17, 15) is 4.79 Å². The summed E-state index contributed by atoms with van der Waals surface area (Å²) in [6.07, 6.45) is 10.8.